The molecule has 3 fully saturated rings. The van der Waals surface area contributed by atoms with Crippen LogP contribution < -0.4 is 0 Å². The molecule has 6 nitrogen and oxygen atoms in total. The van der Waals surface area contributed by atoms with Gasteiger partial charge >= 0.3 is 10.4 Å². The van der Waals surface area contributed by atoms with E-state index in [9.17, 15) is 18.3 Å². The molecule has 0 unspecified atom stereocenters. The lowest BCUT2D eigenvalue weighted by Crippen LogP contribution is -2.56. The van der Waals surface area contributed by atoms with Crippen molar-refractivity contribution >= 4 is 16.2 Å². The number of Topliss-reactive ketones (excluding diaryl/α,β-unsaturated/α-hetero) is 1. The van der Waals surface area contributed by atoms with Gasteiger partial charge in [-0.05, 0) is 80.5 Å². The van der Waals surface area contributed by atoms with Crippen molar-refractivity contribution in [2.75, 3.05) is 0 Å². The average molecular weight is 413 g/mol. The Balaban J connectivity index is 1.63. The number of carbonyl (C=O) groups excluding carboxylic acids is 1. The van der Waals surface area contributed by atoms with E-state index in [0.29, 0.717) is 31.1 Å². The molecule has 28 heavy (non-hydrogen) atoms. The van der Waals surface area contributed by atoms with Gasteiger partial charge in [0, 0.05) is 5.92 Å². The van der Waals surface area contributed by atoms with Gasteiger partial charge in [0.2, 0.25) is 0 Å². The zero-order valence-corrected chi connectivity index (χ0v) is 17.7. The van der Waals surface area contributed by atoms with Crippen LogP contribution in [0.3, 0.4) is 0 Å². The molecule has 7 heteroatoms. The van der Waals surface area contributed by atoms with E-state index in [-0.39, 0.29) is 28.4 Å². The normalized spacial score (nSPS) is 48.2. The first-order chi connectivity index (χ1) is 13.0. The van der Waals surface area contributed by atoms with Crippen molar-refractivity contribution in [2.24, 2.45) is 34.5 Å². The van der Waals surface area contributed by atoms with Crippen LogP contribution in [0.5, 0.6) is 0 Å². The Morgan fingerprint density at radius 3 is 2.61 bits per heavy atom. The van der Waals surface area contributed by atoms with Crippen molar-refractivity contribution in [3.63, 3.8) is 0 Å². The summed E-state index contributed by atoms with van der Waals surface area (Å²) in [6.07, 6.45) is 6.46. The first-order valence-corrected chi connectivity index (χ1v) is 11.9. The van der Waals surface area contributed by atoms with E-state index in [2.05, 4.69) is 19.9 Å². The Morgan fingerprint density at radius 1 is 1.25 bits per heavy atom. The van der Waals surface area contributed by atoms with Crippen LogP contribution >= 0.6 is 0 Å². The second kappa shape index (κ2) is 6.62. The maximum absolute atomic E-state index is 12.2. The van der Waals surface area contributed by atoms with Crippen LogP contribution in [0.25, 0.3) is 0 Å². The molecule has 0 saturated heterocycles. The summed E-state index contributed by atoms with van der Waals surface area (Å²) < 4.78 is 36.1. The lowest BCUT2D eigenvalue weighted by molar-refractivity contribution is -0.140. The van der Waals surface area contributed by atoms with Crippen LogP contribution in [0.1, 0.15) is 65.7 Å². The lowest BCUT2D eigenvalue weighted by Gasteiger charge is -2.59. The topological polar surface area (TPSA) is 101 Å². The molecule has 0 amide bonds. The van der Waals surface area contributed by atoms with E-state index in [1.807, 2.05) is 0 Å². The molecule has 158 valence electrons. The van der Waals surface area contributed by atoms with Crippen molar-refractivity contribution < 1.29 is 27.1 Å². The lowest BCUT2D eigenvalue weighted by atomic mass is 9.46. The maximum Gasteiger partial charge on any atom is 0.397 e. The highest BCUT2D eigenvalue weighted by Crippen LogP contribution is 2.66. The van der Waals surface area contributed by atoms with Crippen LogP contribution in [0.15, 0.2) is 11.6 Å². The Hall–Kier alpha value is -0.760. The van der Waals surface area contributed by atoms with Gasteiger partial charge in [0.1, 0.15) is 5.78 Å². The molecule has 0 heterocycles. The van der Waals surface area contributed by atoms with Gasteiger partial charge in [-0.3, -0.25) is 9.35 Å². The molecule has 0 aromatic heterocycles. The molecular formula is C21H32O6S. The predicted molar refractivity (Wildman–Crippen MR) is 104 cm³/mol. The smallest absolute Gasteiger partial charge is 0.393 e. The third kappa shape index (κ3) is 3.09. The molecule has 0 spiro atoms. The van der Waals surface area contributed by atoms with Crippen LogP contribution in [-0.4, -0.2) is 36.1 Å². The highest BCUT2D eigenvalue weighted by Gasteiger charge is 2.62. The zero-order valence-electron chi connectivity index (χ0n) is 16.9. The fourth-order valence-corrected chi connectivity index (χ4v) is 8.19. The van der Waals surface area contributed by atoms with Crippen LogP contribution in [-0.2, 0) is 19.4 Å². The van der Waals surface area contributed by atoms with Crippen molar-refractivity contribution in [2.45, 2.75) is 77.9 Å². The molecular weight excluding hydrogens is 380 g/mol. The summed E-state index contributed by atoms with van der Waals surface area (Å²) in [6, 6.07) is 0. The quantitative estimate of drug-likeness (QED) is 0.545. The maximum atomic E-state index is 12.2. The molecule has 3 saturated carbocycles. The average Bonchev–Trinajstić information content (AvgIpc) is 2.90. The summed E-state index contributed by atoms with van der Waals surface area (Å²) in [5, 5.41) is 11.3. The van der Waals surface area contributed by atoms with Gasteiger partial charge in [0.15, 0.2) is 0 Å². The van der Waals surface area contributed by atoms with E-state index in [1.54, 1.807) is 6.92 Å². The third-order valence-electron chi connectivity index (χ3n) is 8.74. The SMILES string of the molecule is CC(=O)[C@H]1CC[C@H]2[C@@H]3CC=C4C[C@@H](OS(=O)(=O)O)CC[C@]4(C)[C@H]3[C@@H](O)C[C@]12C. The Bertz CT molecular complexity index is 804. The molecule has 0 bridgehead atoms. The van der Waals surface area contributed by atoms with Gasteiger partial charge in [-0.1, -0.05) is 25.5 Å². The standard InChI is InChI=1S/C21H32O6S/c1-12(22)16-6-7-17-15-5-4-13-10-14(27-28(24,25)26)8-9-20(13,2)19(15)18(23)11-21(16,17)3/h4,14-19,23H,5-11H2,1-3H3,(H,24,25,26)/t14-,15-,16+,17-,18-,19+,20-,21+/m0/s1. The molecule has 2 N–H and O–H groups in total. The van der Waals surface area contributed by atoms with E-state index in [1.165, 1.54) is 0 Å². The number of hydrogen-bond donors (Lipinski definition) is 2. The van der Waals surface area contributed by atoms with Crippen LogP contribution in [0.4, 0.5) is 0 Å². The Labute approximate surface area is 167 Å². The van der Waals surface area contributed by atoms with Gasteiger partial charge in [0.25, 0.3) is 0 Å². The summed E-state index contributed by atoms with van der Waals surface area (Å²) in [5.74, 6) is 1.21. The highest BCUT2D eigenvalue weighted by molar-refractivity contribution is 7.80. The summed E-state index contributed by atoms with van der Waals surface area (Å²) in [7, 11) is -4.46. The largest absolute Gasteiger partial charge is 0.397 e. The monoisotopic (exact) mass is 412 g/mol. The number of fused-ring (bicyclic) bond motifs is 5. The second-order valence-corrected chi connectivity index (χ2v) is 11.1. The first kappa shape index (κ1) is 20.5. The summed E-state index contributed by atoms with van der Waals surface area (Å²) in [4.78, 5) is 12.2. The van der Waals surface area contributed by atoms with Crippen LogP contribution in [0, 0.1) is 34.5 Å². The van der Waals surface area contributed by atoms with E-state index in [4.69, 9.17) is 8.74 Å². The molecule has 0 aliphatic heterocycles. The van der Waals surface area contributed by atoms with Gasteiger partial charge in [-0.25, -0.2) is 4.18 Å². The fourth-order valence-electron chi connectivity index (χ4n) is 7.68. The predicted octanol–water partition coefficient (Wildman–Crippen LogP) is 3.31. The summed E-state index contributed by atoms with van der Waals surface area (Å²) in [6.45, 7) is 6.09. The molecule has 8 atom stereocenters. The minimum atomic E-state index is -4.46. The second-order valence-electron chi connectivity index (χ2n) is 10.1. The number of aliphatic hydroxyl groups is 1. The number of aliphatic hydroxyl groups excluding tert-OH is 1. The van der Waals surface area contributed by atoms with E-state index >= 15 is 0 Å². The Kier molecular flexibility index (Phi) is 4.85. The van der Waals surface area contributed by atoms with Crippen LogP contribution in [0.2, 0.25) is 0 Å². The van der Waals surface area contributed by atoms with Crippen molar-refractivity contribution in [3.05, 3.63) is 11.6 Å². The van der Waals surface area contributed by atoms with Gasteiger partial charge < -0.3 is 5.11 Å². The third-order valence-corrected chi connectivity index (χ3v) is 9.25. The zero-order chi connectivity index (χ0) is 20.5. The molecule has 4 rings (SSSR count). The summed E-state index contributed by atoms with van der Waals surface area (Å²) in [5.41, 5.74) is 0.841. The molecule has 4 aliphatic rings. The van der Waals surface area contributed by atoms with Crippen molar-refractivity contribution in [1.82, 2.24) is 0 Å². The minimum absolute atomic E-state index is 0.0465. The molecule has 0 aromatic rings. The molecule has 0 radical (unpaired) electrons. The molecule has 4 aliphatic carbocycles. The minimum Gasteiger partial charge on any atom is -0.393 e. The first-order valence-electron chi connectivity index (χ1n) is 10.5. The van der Waals surface area contributed by atoms with Crippen molar-refractivity contribution in [1.29, 1.82) is 0 Å². The van der Waals surface area contributed by atoms with Gasteiger partial charge in [-0.15, -0.1) is 0 Å². The number of allylic oxidation sites excluding steroid dienone is 1. The summed E-state index contributed by atoms with van der Waals surface area (Å²) >= 11 is 0. The Morgan fingerprint density at radius 2 is 1.96 bits per heavy atom. The molecule has 0 aromatic carbocycles. The van der Waals surface area contributed by atoms with Gasteiger partial charge in [-0.2, -0.15) is 8.42 Å². The number of rotatable bonds is 3. The fraction of sp³-hybridized carbons (Fsp3) is 0.857. The highest BCUT2D eigenvalue weighted by atomic mass is 32.3. The number of hydrogen-bond acceptors (Lipinski definition) is 5. The van der Waals surface area contributed by atoms with E-state index < -0.39 is 22.6 Å². The number of carbonyl (C=O) groups is 1. The number of ketones is 1. The van der Waals surface area contributed by atoms with Gasteiger partial charge in [0.05, 0.1) is 12.2 Å². The van der Waals surface area contributed by atoms with E-state index in [0.717, 1.165) is 31.3 Å². The van der Waals surface area contributed by atoms with Crippen molar-refractivity contribution in [3.8, 4) is 0 Å².